The second-order valence-corrected chi connectivity index (χ2v) is 6.12. The van der Waals surface area contributed by atoms with Gasteiger partial charge in [0.05, 0.1) is 25.9 Å². The molecule has 1 aromatic carbocycles. The fraction of sp³-hybridized carbons (Fsp3) is 0.556. The number of carboxylic acids is 1. The third kappa shape index (κ3) is 6.53. The highest BCUT2D eigenvalue weighted by molar-refractivity contribution is 5.78. The zero-order valence-corrected chi connectivity index (χ0v) is 15.2. The van der Waals surface area contributed by atoms with Crippen LogP contribution in [0, 0.1) is 0 Å². The van der Waals surface area contributed by atoms with E-state index in [-0.39, 0.29) is 25.2 Å². The highest BCUT2D eigenvalue weighted by Gasteiger charge is 2.25. The summed E-state index contributed by atoms with van der Waals surface area (Å²) in [6.45, 7) is 4.22. The molecule has 1 heterocycles. The van der Waals surface area contributed by atoms with Crippen molar-refractivity contribution in [3.8, 4) is 11.5 Å². The molecule has 1 aliphatic rings. The molecular formula is C18H26N2O6. The first-order chi connectivity index (χ1) is 12.5. The molecule has 0 radical (unpaired) electrons. The monoisotopic (exact) mass is 366 g/mol. The normalized spacial score (nSPS) is 17.2. The van der Waals surface area contributed by atoms with Gasteiger partial charge >= 0.3 is 5.97 Å². The van der Waals surface area contributed by atoms with Gasteiger partial charge < -0.3 is 24.2 Å². The topological polar surface area (TPSA) is 88.5 Å². The maximum absolute atomic E-state index is 12.4. The molecule has 1 unspecified atom stereocenters. The third-order valence-electron chi connectivity index (χ3n) is 3.91. The first kappa shape index (κ1) is 20.0. The summed E-state index contributed by atoms with van der Waals surface area (Å²) in [4.78, 5) is 26.4. The Hall–Kier alpha value is -2.32. The standard InChI is InChI=1S/C18H26N2O6/c1-3-24-14-4-6-15(7-5-14)26-13-17(21)20-8-9-25-16(11-20)10-19(2)12-18(22)23/h4-7,16H,3,8-13H2,1-2H3,(H,22,23). The van der Waals surface area contributed by atoms with E-state index in [0.29, 0.717) is 38.6 Å². The summed E-state index contributed by atoms with van der Waals surface area (Å²) in [5, 5.41) is 8.81. The van der Waals surface area contributed by atoms with E-state index in [4.69, 9.17) is 19.3 Å². The van der Waals surface area contributed by atoms with Gasteiger partial charge in [0.2, 0.25) is 0 Å². The molecule has 26 heavy (non-hydrogen) atoms. The molecule has 144 valence electrons. The minimum Gasteiger partial charge on any atom is -0.494 e. The number of morpholine rings is 1. The van der Waals surface area contributed by atoms with Crippen molar-refractivity contribution in [2.45, 2.75) is 13.0 Å². The third-order valence-corrected chi connectivity index (χ3v) is 3.91. The van der Waals surface area contributed by atoms with Crippen molar-refractivity contribution in [2.24, 2.45) is 0 Å². The maximum Gasteiger partial charge on any atom is 0.317 e. The van der Waals surface area contributed by atoms with Crippen LogP contribution >= 0.6 is 0 Å². The quantitative estimate of drug-likeness (QED) is 0.688. The number of aliphatic carboxylic acids is 1. The van der Waals surface area contributed by atoms with E-state index in [1.165, 1.54) is 0 Å². The molecule has 8 heteroatoms. The van der Waals surface area contributed by atoms with Crippen LogP contribution in [-0.2, 0) is 14.3 Å². The molecule has 2 rings (SSSR count). The van der Waals surface area contributed by atoms with Crippen LogP contribution in [0.4, 0.5) is 0 Å². The Morgan fingerprint density at radius 2 is 1.92 bits per heavy atom. The predicted octanol–water partition coefficient (Wildman–Crippen LogP) is 0.708. The SMILES string of the molecule is CCOc1ccc(OCC(=O)N2CCOC(CN(C)CC(=O)O)C2)cc1. The molecule has 0 spiro atoms. The van der Waals surface area contributed by atoms with E-state index in [2.05, 4.69) is 0 Å². The number of amides is 1. The van der Waals surface area contributed by atoms with Crippen molar-refractivity contribution < 1.29 is 28.9 Å². The lowest BCUT2D eigenvalue weighted by Crippen LogP contribution is -2.50. The Kier molecular flexibility index (Phi) is 7.68. The first-order valence-electron chi connectivity index (χ1n) is 8.63. The van der Waals surface area contributed by atoms with Gasteiger partial charge in [-0.3, -0.25) is 14.5 Å². The Morgan fingerprint density at radius 1 is 1.27 bits per heavy atom. The minimum atomic E-state index is -0.889. The van der Waals surface area contributed by atoms with Gasteiger partial charge in [-0.1, -0.05) is 0 Å². The van der Waals surface area contributed by atoms with Crippen LogP contribution in [-0.4, -0.2) is 85.9 Å². The largest absolute Gasteiger partial charge is 0.494 e. The molecule has 1 aromatic rings. The number of benzene rings is 1. The lowest BCUT2D eigenvalue weighted by atomic mass is 10.2. The average molecular weight is 366 g/mol. The molecule has 8 nitrogen and oxygen atoms in total. The van der Waals surface area contributed by atoms with Gasteiger partial charge in [-0.05, 0) is 38.2 Å². The van der Waals surface area contributed by atoms with Gasteiger partial charge in [-0.15, -0.1) is 0 Å². The number of likely N-dealkylation sites (N-methyl/N-ethyl adjacent to an activating group) is 1. The number of nitrogens with zero attached hydrogens (tertiary/aromatic N) is 2. The van der Waals surface area contributed by atoms with Gasteiger partial charge in [0.15, 0.2) is 6.61 Å². The highest BCUT2D eigenvalue weighted by atomic mass is 16.5. The zero-order chi connectivity index (χ0) is 18.9. The number of carbonyl (C=O) groups excluding carboxylic acids is 1. The second-order valence-electron chi connectivity index (χ2n) is 6.12. The average Bonchev–Trinajstić information content (AvgIpc) is 2.60. The van der Waals surface area contributed by atoms with Crippen LogP contribution in [0.15, 0.2) is 24.3 Å². The molecular weight excluding hydrogens is 340 g/mol. The molecule has 0 bridgehead atoms. The molecule has 1 atom stereocenters. The van der Waals surface area contributed by atoms with Crippen molar-refractivity contribution in [3.05, 3.63) is 24.3 Å². The molecule has 1 fully saturated rings. The van der Waals surface area contributed by atoms with Crippen LogP contribution in [0.3, 0.4) is 0 Å². The van der Waals surface area contributed by atoms with E-state index >= 15 is 0 Å². The number of carbonyl (C=O) groups is 2. The van der Waals surface area contributed by atoms with E-state index in [1.807, 2.05) is 6.92 Å². The van der Waals surface area contributed by atoms with E-state index < -0.39 is 5.97 Å². The summed E-state index contributed by atoms with van der Waals surface area (Å²) in [5.41, 5.74) is 0. The minimum absolute atomic E-state index is 0.0499. The van der Waals surface area contributed by atoms with Gasteiger partial charge in [0, 0.05) is 19.6 Å². The fourth-order valence-electron chi connectivity index (χ4n) is 2.73. The van der Waals surface area contributed by atoms with Crippen molar-refractivity contribution in [1.29, 1.82) is 0 Å². The van der Waals surface area contributed by atoms with Crippen LogP contribution in [0.25, 0.3) is 0 Å². The Balaban J connectivity index is 1.78. The molecule has 0 aromatic heterocycles. The van der Waals surface area contributed by atoms with Crippen LogP contribution in [0.5, 0.6) is 11.5 Å². The number of hydrogen-bond acceptors (Lipinski definition) is 6. The molecule has 1 saturated heterocycles. The van der Waals surface area contributed by atoms with Crippen molar-refractivity contribution >= 4 is 11.9 Å². The van der Waals surface area contributed by atoms with Crippen LogP contribution in [0.2, 0.25) is 0 Å². The maximum atomic E-state index is 12.4. The smallest absolute Gasteiger partial charge is 0.317 e. The second kappa shape index (κ2) is 9.98. The zero-order valence-electron chi connectivity index (χ0n) is 15.2. The van der Waals surface area contributed by atoms with Gasteiger partial charge in [-0.25, -0.2) is 0 Å². The number of rotatable bonds is 9. The lowest BCUT2D eigenvalue weighted by molar-refractivity contribution is -0.143. The fourth-order valence-corrected chi connectivity index (χ4v) is 2.73. The summed E-state index contributed by atoms with van der Waals surface area (Å²) in [7, 11) is 1.72. The lowest BCUT2D eigenvalue weighted by Gasteiger charge is -2.34. The predicted molar refractivity (Wildman–Crippen MR) is 94.6 cm³/mol. The molecule has 1 N–H and O–H groups in total. The highest BCUT2D eigenvalue weighted by Crippen LogP contribution is 2.17. The Bertz CT molecular complexity index is 592. The number of ether oxygens (including phenoxy) is 3. The summed E-state index contributed by atoms with van der Waals surface area (Å²) in [6.07, 6.45) is -0.206. The van der Waals surface area contributed by atoms with Gasteiger partial charge in [-0.2, -0.15) is 0 Å². The Morgan fingerprint density at radius 3 is 2.54 bits per heavy atom. The Labute approximate surface area is 153 Å². The van der Waals surface area contributed by atoms with Crippen LogP contribution in [0.1, 0.15) is 6.92 Å². The first-order valence-corrected chi connectivity index (χ1v) is 8.63. The van der Waals surface area contributed by atoms with E-state index in [9.17, 15) is 9.59 Å². The van der Waals surface area contributed by atoms with Crippen molar-refractivity contribution in [2.75, 3.05) is 53.0 Å². The molecule has 1 amide bonds. The van der Waals surface area contributed by atoms with Crippen molar-refractivity contribution in [1.82, 2.24) is 9.80 Å². The summed E-state index contributed by atoms with van der Waals surface area (Å²) in [5.74, 6) is 0.355. The number of carboxylic acid groups (broad SMARTS) is 1. The van der Waals surface area contributed by atoms with Gasteiger partial charge in [0.25, 0.3) is 5.91 Å². The van der Waals surface area contributed by atoms with Gasteiger partial charge in [0.1, 0.15) is 11.5 Å². The van der Waals surface area contributed by atoms with Crippen molar-refractivity contribution in [3.63, 3.8) is 0 Å². The number of hydrogen-bond donors (Lipinski definition) is 1. The molecule has 0 saturated carbocycles. The van der Waals surface area contributed by atoms with E-state index in [0.717, 1.165) is 5.75 Å². The summed E-state index contributed by atoms with van der Waals surface area (Å²) in [6, 6.07) is 7.13. The molecule has 0 aliphatic carbocycles. The van der Waals surface area contributed by atoms with Crippen LogP contribution < -0.4 is 9.47 Å². The summed E-state index contributed by atoms with van der Waals surface area (Å²) < 4.78 is 16.5. The molecule has 1 aliphatic heterocycles. The van der Waals surface area contributed by atoms with E-state index in [1.54, 1.807) is 41.1 Å². The summed E-state index contributed by atoms with van der Waals surface area (Å²) >= 11 is 0.